The molecule has 0 aliphatic rings. The summed E-state index contributed by atoms with van der Waals surface area (Å²) < 4.78 is 53.0. The molecule has 0 spiro atoms. The molecule has 1 N–H and O–H groups in total. The lowest BCUT2D eigenvalue weighted by atomic mass is 9.98. The molecule has 10 heteroatoms. The van der Waals surface area contributed by atoms with Crippen LogP contribution in [0.4, 0.5) is 14.6 Å². The maximum Gasteiger partial charge on any atom is 0.254 e. The number of fused-ring (bicyclic) bond motifs is 1. The molecule has 7 nitrogen and oxygen atoms in total. The number of hydrogen-bond acceptors (Lipinski definition) is 6. The number of benzene rings is 2. The van der Waals surface area contributed by atoms with Gasteiger partial charge in [-0.05, 0) is 42.3 Å². The number of hydrogen-bond donors (Lipinski definition) is 1. The lowest BCUT2D eigenvalue weighted by Gasteiger charge is -2.22. The van der Waals surface area contributed by atoms with Crippen LogP contribution in [0, 0.1) is 18.6 Å². The van der Waals surface area contributed by atoms with E-state index in [1.807, 2.05) is 0 Å². The normalized spacial score (nSPS) is 12.8. The fourth-order valence-corrected chi connectivity index (χ4v) is 3.83. The van der Waals surface area contributed by atoms with Gasteiger partial charge < -0.3 is 5.32 Å². The first-order chi connectivity index (χ1) is 14.2. The largest absolute Gasteiger partial charge is 0.359 e. The summed E-state index contributed by atoms with van der Waals surface area (Å²) in [5, 5.41) is 7.38. The molecule has 0 fully saturated rings. The highest BCUT2D eigenvalue weighted by molar-refractivity contribution is 7.90. The van der Waals surface area contributed by atoms with Crippen molar-refractivity contribution in [2.75, 3.05) is 11.6 Å². The zero-order valence-corrected chi connectivity index (χ0v) is 16.9. The summed E-state index contributed by atoms with van der Waals surface area (Å²) in [5.74, 6) is -1.10. The van der Waals surface area contributed by atoms with E-state index in [0.29, 0.717) is 28.4 Å². The molecular weight excluding hydrogens is 412 g/mol. The predicted molar refractivity (Wildman–Crippen MR) is 107 cm³/mol. The van der Waals surface area contributed by atoms with Gasteiger partial charge in [-0.25, -0.2) is 22.2 Å². The highest BCUT2D eigenvalue weighted by atomic mass is 32.2. The lowest BCUT2D eigenvalue weighted by Crippen LogP contribution is -2.16. The SMILES string of the molecule is Cc1cc(NC(c2cccc(S(C)(=O)=O)c2)c2ccc(F)c(F)c2)n2ncnc2n1. The highest BCUT2D eigenvalue weighted by Gasteiger charge is 2.20. The first-order valence-electron chi connectivity index (χ1n) is 8.91. The van der Waals surface area contributed by atoms with E-state index >= 15 is 0 Å². The van der Waals surface area contributed by atoms with Gasteiger partial charge in [0.25, 0.3) is 5.78 Å². The minimum atomic E-state index is -3.46. The summed E-state index contributed by atoms with van der Waals surface area (Å²) in [5.41, 5.74) is 1.63. The molecule has 4 aromatic rings. The number of halogens is 2. The monoisotopic (exact) mass is 429 g/mol. The molecule has 0 aliphatic heterocycles. The quantitative estimate of drug-likeness (QED) is 0.524. The maximum absolute atomic E-state index is 14.0. The van der Waals surface area contributed by atoms with Gasteiger partial charge >= 0.3 is 0 Å². The molecule has 2 aromatic heterocycles. The van der Waals surface area contributed by atoms with E-state index in [9.17, 15) is 17.2 Å². The minimum absolute atomic E-state index is 0.117. The Morgan fingerprint density at radius 1 is 1.03 bits per heavy atom. The molecule has 30 heavy (non-hydrogen) atoms. The fourth-order valence-electron chi connectivity index (χ4n) is 3.16. The third-order valence-corrected chi connectivity index (χ3v) is 5.68. The standard InChI is InChI=1S/C20H17F2N5O2S/c1-12-8-18(27-20(25-12)23-11-24-27)26-19(14-6-7-16(21)17(22)10-14)13-4-3-5-15(9-13)30(2,28)29/h3-11,19,26H,1-2H3. The van der Waals surface area contributed by atoms with E-state index in [0.717, 1.165) is 18.4 Å². The fraction of sp³-hybridized carbons (Fsp3) is 0.150. The maximum atomic E-state index is 14.0. The van der Waals surface area contributed by atoms with Gasteiger partial charge in [-0.15, -0.1) is 0 Å². The summed E-state index contributed by atoms with van der Waals surface area (Å²) in [4.78, 5) is 8.48. The number of anilines is 1. The summed E-state index contributed by atoms with van der Waals surface area (Å²) >= 11 is 0. The number of sulfone groups is 1. The van der Waals surface area contributed by atoms with E-state index in [1.54, 1.807) is 25.1 Å². The third kappa shape index (κ3) is 3.86. The van der Waals surface area contributed by atoms with E-state index in [1.165, 1.54) is 29.0 Å². The van der Waals surface area contributed by atoms with Crippen LogP contribution in [0.3, 0.4) is 0 Å². The van der Waals surface area contributed by atoms with Crippen molar-refractivity contribution in [3.8, 4) is 0 Å². The van der Waals surface area contributed by atoms with Crippen LogP contribution in [0.2, 0.25) is 0 Å². The Kier molecular flexibility index (Phi) is 4.94. The smallest absolute Gasteiger partial charge is 0.254 e. The van der Waals surface area contributed by atoms with Crippen molar-refractivity contribution in [1.29, 1.82) is 0 Å². The van der Waals surface area contributed by atoms with Crippen molar-refractivity contribution >= 4 is 21.4 Å². The zero-order valence-electron chi connectivity index (χ0n) is 16.0. The number of aromatic nitrogens is 4. The Labute approximate surface area is 171 Å². The Bertz CT molecular complexity index is 1350. The van der Waals surface area contributed by atoms with E-state index < -0.39 is 27.5 Å². The Balaban J connectivity index is 1.88. The Morgan fingerprint density at radius 3 is 2.53 bits per heavy atom. The van der Waals surface area contributed by atoms with Crippen LogP contribution in [-0.2, 0) is 9.84 Å². The second-order valence-electron chi connectivity index (χ2n) is 6.85. The van der Waals surface area contributed by atoms with Gasteiger partial charge in [0.05, 0.1) is 10.9 Å². The van der Waals surface area contributed by atoms with E-state index in [2.05, 4.69) is 20.4 Å². The highest BCUT2D eigenvalue weighted by Crippen LogP contribution is 2.29. The van der Waals surface area contributed by atoms with Crippen molar-refractivity contribution < 1.29 is 17.2 Å². The third-order valence-electron chi connectivity index (χ3n) is 4.57. The van der Waals surface area contributed by atoms with Crippen LogP contribution in [0.1, 0.15) is 22.9 Å². The number of aryl methyl sites for hydroxylation is 1. The van der Waals surface area contributed by atoms with Crippen molar-refractivity contribution in [2.24, 2.45) is 0 Å². The summed E-state index contributed by atoms with van der Waals surface area (Å²) in [6.07, 6.45) is 2.46. The van der Waals surface area contributed by atoms with Crippen LogP contribution in [0.15, 0.2) is 59.8 Å². The molecule has 1 unspecified atom stereocenters. The number of rotatable bonds is 5. The predicted octanol–water partition coefficient (Wildman–Crippen LogP) is 3.32. The van der Waals surface area contributed by atoms with Crippen LogP contribution < -0.4 is 5.32 Å². The number of nitrogens with zero attached hydrogens (tertiary/aromatic N) is 4. The number of nitrogens with one attached hydrogen (secondary N) is 1. The van der Waals surface area contributed by atoms with Gasteiger partial charge in [0, 0.05) is 18.0 Å². The van der Waals surface area contributed by atoms with E-state index in [-0.39, 0.29) is 4.90 Å². The molecule has 4 rings (SSSR count). The van der Waals surface area contributed by atoms with Gasteiger partial charge in [0.1, 0.15) is 12.1 Å². The van der Waals surface area contributed by atoms with Crippen LogP contribution in [-0.4, -0.2) is 34.3 Å². The molecule has 0 saturated heterocycles. The van der Waals surface area contributed by atoms with E-state index in [4.69, 9.17) is 0 Å². The summed E-state index contributed by atoms with van der Waals surface area (Å²) in [6.45, 7) is 1.79. The Hall–Kier alpha value is -3.40. The van der Waals surface area contributed by atoms with Gasteiger partial charge in [-0.2, -0.15) is 14.6 Å². The molecule has 1 atom stereocenters. The lowest BCUT2D eigenvalue weighted by molar-refractivity contribution is 0.506. The summed E-state index contributed by atoms with van der Waals surface area (Å²) in [6, 6.07) is 10.9. The van der Waals surface area contributed by atoms with Gasteiger partial charge in [-0.3, -0.25) is 0 Å². The second kappa shape index (κ2) is 7.45. The molecule has 154 valence electrons. The molecule has 0 bridgehead atoms. The average Bonchev–Trinajstić information content (AvgIpc) is 3.16. The van der Waals surface area contributed by atoms with Crippen LogP contribution in [0.5, 0.6) is 0 Å². The van der Waals surface area contributed by atoms with Crippen LogP contribution >= 0.6 is 0 Å². The summed E-state index contributed by atoms with van der Waals surface area (Å²) in [7, 11) is -3.46. The van der Waals surface area contributed by atoms with Crippen molar-refractivity contribution in [2.45, 2.75) is 17.9 Å². The van der Waals surface area contributed by atoms with Crippen molar-refractivity contribution in [3.63, 3.8) is 0 Å². The zero-order chi connectivity index (χ0) is 21.5. The van der Waals surface area contributed by atoms with Gasteiger partial charge in [-0.1, -0.05) is 18.2 Å². The average molecular weight is 429 g/mol. The molecular formula is C20H17F2N5O2S. The molecule has 0 saturated carbocycles. The first-order valence-corrected chi connectivity index (χ1v) is 10.8. The molecule has 2 heterocycles. The second-order valence-corrected chi connectivity index (χ2v) is 8.87. The first kappa shape index (κ1) is 19.9. The van der Waals surface area contributed by atoms with Gasteiger partial charge in [0.2, 0.25) is 0 Å². The molecule has 0 aliphatic carbocycles. The van der Waals surface area contributed by atoms with Gasteiger partial charge in [0.15, 0.2) is 21.5 Å². The molecule has 0 amide bonds. The minimum Gasteiger partial charge on any atom is -0.359 e. The Morgan fingerprint density at radius 2 is 1.80 bits per heavy atom. The van der Waals surface area contributed by atoms with Crippen molar-refractivity contribution in [3.05, 3.63) is 83.3 Å². The van der Waals surface area contributed by atoms with Crippen molar-refractivity contribution in [1.82, 2.24) is 19.6 Å². The van der Waals surface area contributed by atoms with Crippen LogP contribution in [0.25, 0.3) is 5.78 Å². The topological polar surface area (TPSA) is 89.2 Å². The molecule has 0 radical (unpaired) electrons. The molecule has 2 aromatic carbocycles.